The van der Waals surface area contributed by atoms with Crippen LogP contribution in [0.1, 0.15) is 35.8 Å². The number of para-hydroxylation sites is 1. The molecule has 2 rings (SSSR count). The maximum atomic E-state index is 11.9. The lowest BCUT2D eigenvalue weighted by Gasteiger charge is -2.08. The van der Waals surface area contributed by atoms with Crippen LogP contribution in [-0.4, -0.2) is 30.1 Å². The molecule has 1 amide bonds. The number of carbonyl (C=O) groups excluding carboxylic acids is 2. The van der Waals surface area contributed by atoms with Crippen molar-refractivity contribution in [1.29, 1.82) is 0 Å². The molecule has 0 radical (unpaired) electrons. The van der Waals surface area contributed by atoms with Gasteiger partial charge in [-0.2, -0.15) is 0 Å². The van der Waals surface area contributed by atoms with Gasteiger partial charge in [0.2, 0.25) is 5.91 Å². The Morgan fingerprint density at radius 3 is 2.83 bits per heavy atom. The third-order valence-corrected chi connectivity index (χ3v) is 3.89. The van der Waals surface area contributed by atoms with E-state index in [0.717, 1.165) is 11.3 Å². The van der Waals surface area contributed by atoms with Crippen LogP contribution in [0.25, 0.3) is 0 Å². The van der Waals surface area contributed by atoms with Crippen molar-refractivity contribution in [2.24, 2.45) is 0 Å². The van der Waals surface area contributed by atoms with Crippen LogP contribution in [0.3, 0.4) is 0 Å². The molecule has 1 N–H and O–H groups in total. The average molecular weight is 348 g/mol. The van der Waals surface area contributed by atoms with Crippen LogP contribution in [0.15, 0.2) is 29.6 Å². The summed E-state index contributed by atoms with van der Waals surface area (Å²) < 4.78 is 10.5. The van der Waals surface area contributed by atoms with Crippen molar-refractivity contribution in [1.82, 2.24) is 4.98 Å². The normalized spacial score (nSPS) is 10.2. The number of ether oxygens (including phenoxy) is 2. The van der Waals surface area contributed by atoms with Crippen LogP contribution in [0, 0.1) is 6.92 Å². The summed E-state index contributed by atoms with van der Waals surface area (Å²) in [4.78, 5) is 27.4. The van der Waals surface area contributed by atoms with Gasteiger partial charge in [-0.05, 0) is 31.9 Å². The van der Waals surface area contributed by atoms with Gasteiger partial charge in [0, 0.05) is 11.8 Å². The van der Waals surface area contributed by atoms with E-state index >= 15 is 0 Å². The molecule has 0 atom stereocenters. The largest absolute Gasteiger partial charge is 0.493 e. The minimum absolute atomic E-state index is 0.159. The number of aromatic nitrogens is 1. The molecule has 0 aliphatic heterocycles. The summed E-state index contributed by atoms with van der Waals surface area (Å²) in [5.41, 5.74) is 1.27. The lowest BCUT2D eigenvalue weighted by Crippen LogP contribution is -2.13. The number of amides is 1. The Kier molecular flexibility index (Phi) is 6.74. The summed E-state index contributed by atoms with van der Waals surface area (Å²) in [6.45, 7) is 4.46. The Labute approximate surface area is 144 Å². The maximum absolute atomic E-state index is 11.9. The molecular weight excluding hydrogens is 328 g/mol. The first kappa shape index (κ1) is 17.9. The minimum Gasteiger partial charge on any atom is -0.493 e. The predicted molar refractivity (Wildman–Crippen MR) is 92.6 cm³/mol. The zero-order chi connectivity index (χ0) is 17.4. The number of nitrogens with zero attached hydrogens (tertiary/aromatic N) is 1. The Bertz CT molecular complexity index is 699. The van der Waals surface area contributed by atoms with Crippen molar-refractivity contribution in [2.75, 3.05) is 18.5 Å². The van der Waals surface area contributed by atoms with E-state index in [4.69, 9.17) is 9.47 Å². The molecule has 24 heavy (non-hydrogen) atoms. The molecule has 2 aromatic rings. The van der Waals surface area contributed by atoms with Gasteiger partial charge in [-0.3, -0.25) is 4.79 Å². The Morgan fingerprint density at radius 2 is 2.08 bits per heavy atom. The zero-order valence-electron chi connectivity index (χ0n) is 13.7. The summed E-state index contributed by atoms with van der Waals surface area (Å²) in [5, 5.41) is 4.63. The second kappa shape index (κ2) is 9.02. The Balaban J connectivity index is 1.72. The molecule has 0 aliphatic rings. The summed E-state index contributed by atoms with van der Waals surface area (Å²) in [6, 6.07) is 7.75. The van der Waals surface area contributed by atoms with E-state index in [1.807, 2.05) is 31.2 Å². The summed E-state index contributed by atoms with van der Waals surface area (Å²) in [6.07, 6.45) is 0.913. The van der Waals surface area contributed by atoms with Gasteiger partial charge in [-0.1, -0.05) is 18.2 Å². The van der Waals surface area contributed by atoms with Gasteiger partial charge in [0.15, 0.2) is 10.8 Å². The van der Waals surface area contributed by atoms with Gasteiger partial charge in [0.25, 0.3) is 0 Å². The number of anilines is 1. The van der Waals surface area contributed by atoms with E-state index in [9.17, 15) is 9.59 Å². The zero-order valence-corrected chi connectivity index (χ0v) is 14.5. The predicted octanol–water partition coefficient (Wildman–Crippen LogP) is 3.43. The number of hydrogen-bond acceptors (Lipinski definition) is 6. The van der Waals surface area contributed by atoms with E-state index < -0.39 is 5.97 Å². The van der Waals surface area contributed by atoms with E-state index in [1.54, 1.807) is 12.3 Å². The highest BCUT2D eigenvalue weighted by atomic mass is 32.1. The number of aryl methyl sites for hydroxylation is 1. The Hall–Kier alpha value is -2.41. The van der Waals surface area contributed by atoms with Crippen molar-refractivity contribution in [3.63, 3.8) is 0 Å². The van der Waals surface area contributed by atoms with E-state index in [1.165, 1.54) is 11.3 Å². The molecule has 1 aromatic carbocycles. The lowest BCUT2D eigenvalue weighted by atomic mass is 10.2. The number of benzene rings is 1. The van der Waals surface area contributed by atoms with Crippen molar-refractivity contribution in [3.05, 3.63) is 40.9 Å². The number of esters is 1. The Morgan fingerprint density at radius 1 is 1.29 bits per heavy atom. The van der Waals surface area contributed by atoms with Crippen molar-refractivity contribution in [2.45, 2.75) is 26.7 Å². The van der Waals surface area contributed by atoms with Gasteiger partial charge < -0.3 is 14.8 Å². The molecule has 0 unspecified atom stereocenters. The van der Waals surface area contributed by atoms with Crippen LogP contribution in [0.4, 0.5) is 5.13 Å². The first-order valence-electron chi connectivity index (χ1n) is 7.71. The number of carbonyl (C=O) groups is 2. The molecule has 0 spiro atoms. The second-order valence-corrected chi connectivity index (χ2v) is 5.88. The topological polar surface area (TPSA) is 77.5 Å². The number of rotatable bonds is 8. The van der Waals surface area contributed by atoms with Gasteiger partial charge in [0.05, 0.1) is 13.2 Å². The highest BCUT2D eigenvalue weighted by Crippen LogP contribution is 2.18. The molecule has 128 valence electrons. The summed E-state index contributed by atoms with van der Waals surface area (Å²) >= 11 is 1.19. The van der Waals surface area contributed by atoms with Crippen LogP contribution < -0.4 is 10.1 Å². The third kappa shape index (κ3) is 5.34. The first-order chi connectivity index (χ1) is 11.6. The molecule has 0 aliphatic carbocycles. The molecule has 6 nitrogen and oxygen atoms in total. The quantitative estimate of drug-likeness (QED) is 0.584. The van der Waals surface area contributed by atoms with Crippen LogP contribution in [0.5, 0.6) is 5.75 Å². The lowest BCUT2D eigenvalue weighted by molar-refractivity contribution is -0.116. The fourth-order valence-electron chi connectivity index (χ4n) is 1.94. The molecule has 0 saturated heterocycles. The fourth-order valence-corrected chi connectivity index (χ4v) is 2.64. The third-order valence-electron chi connectivity index (χ3n) is 3.13. The van der Waals surface area contributed by atoms with E-state index in [0.29, 0.717) is 31.2 Å². The van der Waals surface area contributed by atoms with E-state index in [-0.39, 0.29) is 11.6 Å². The maximum Gasteiger partial charge on any atom is 0.357 e. The van der Waals surface area contributed by atoms with Crippen LogP contribution in [0.2, 0.25) is 0 Å². The molecule has 0 bridgehead atoms. The standard InChI is InChI=1S/C17H20N2O4S/c1-3-22-16(21)13-11-24-17(18-13)19-15(20)9-6-10-23-14-8-5-4-7-12(14)2/h4-5,7-8,11H,3,6,9-10H2,1-2H3,(H,18,19,20). The molecular formula is C17H20N2O4S. The van der Waals surface area contributed by atoms with Crippen molar-refractivity contribution >= 4 is 28.3 Å². The van der Waals surface area contributed by atoms with Crippen LogP contribution in [-0.2, 0) is 9.53 Å². The molecule has 0 fully saturated rings. The second-order valence-electron chi connectivity index (χ2n) is 5.02. The van der Waals surface area contributed by atoms with Gasteiger partial charge in [0.1, 0.15) is 5.75 Å². The van der Waals surface area contributed by atoms with Crippen molar-refractivity contribution < 1.29 is 19.1 Å². The monoisotopic (exact) mass is 348 g/mol. The smallest absolute Gasteiger partial charge is 0.357 e. The highest BCUT2D eigenvalue weighted by molar-refractivity contribution is 7.14. The molecule has 7 heteroatoms. The SMILES string of the molecule is CCOC(=O)c1csc(NC(=O)CCCOc2ccccc2C)n1. The first-order valence-corrected chi connectivity index (χ1v) is 8.59. The molecule has 1 aromatic heterocycles. The number of thiazole rings is 1. The van der Waals surface area contributed by atoms with Crippen molar-refractivity contribution in [3.8, 4) is 5.75 Å². The van der Waals surface area contributed by atoms with Gasteiger partial charge in [-0.15, -0.1) is 11.3 Å². The number of hydrogen-bond donors (Lipinski definition) is 1. The highest BCUT2D eigenvalue weighted by Gasteiger charge is 2.13. The average Bonchev–Trinajstić information content (AvgIpc) is 3.02. The number of nitrogens with one attached hydrogen (secondary N) is 1. The van der Waals surface area contributed by atoms with Gasteiger partial charge >= 0.3 is 5.97 Å². The molecule has 1 heterocycles. The molecule has 0 saturated carbocycles. The van der Waals surface area contributed by atoms with Crippen LogP contribution >= 0.6 is 11.3 Å². The summed E-state index contributed by atoms with van der Waals surface area (Å²) in [7, 11) is 0. The summed E-state index contributed by atoms with van der Waals surface area (Å²) in [5.74, 6) is 0.186. The van der Waals surface area contributed by atoms with Gasteiger partial charge in [-0.25, -0.2) is 9.78 Å². The van der Waals surface area contributed by atoms with E-state index in [2.05, 4.69) is 10.3 Å². The fraction of sp³-hybridized carbons (Fsp3) is 0.353. The minimum atomic E-state index is -0.485.